The van der Waals surface area contributed by atoms with Crippen LogP contribution in [0, 0.1) is 5.92 Å². The lowest BCUT2D eigenvalue weighted by Gasteiger charge is -2.33. The Morgan fingerprint density at radius 3 is 2.21 bits per heavy atom. The summed E-state index contributed by atoms with van der Waals surface area (Å²) in [7, 11) is 0. The standard InChI is InChI=1S/C12H24OS/c1-10(2)11(3)14-9-12(13)7-5-4-6-8-12/h10-11,13H,4-9H2,1-3H3. The first-order chi connectivity index (χ1) is 6.53. The fraction of sp³-hybridized carbons (Fsp3) is 1.00. The molecule has 0 aromatic carbocycles. The lowest BCUT2D eigenvalue weighted by molar-refractivity contribution is 0.0271. The van der Waals surface area contributed by atoms with Crippen LogP contribution < -0.4 is 0 Å². The van der Waals surface area contributed by atoms with Crippen molar-refractivity contribution in [3.05, 3.63) is 0 Å². The largest absolute Gasteiger partial charge is 0.389 e. The maximum atomic E-state index is 10.3. The van der Waals surface area contributed by atoms with E-state index in [1.807, 2.05) is 11.8 Å². The molecule has 1 nitrogen and oxygen atoms in total. The fourth-order valence-corrected chi connectivity index (χ4v) is 3.08. The van der Waals surface area contributed by atoms with E-state index in [4.69, 9.17) is 0 Å². The molecule has 0 aromatic rings. The number of thioether (sulfide) groups is 1. The highest BCUT2D eigenvalue weighted by Gasteiger charge is 2.29. The molecule has 1 N–H and O–H groups in total. The first-order valence-electron chi connectivity index (χ1n) is 5.87. The van der Waals surface area contributed by atoms with E-state index in [0.29, 0.717) is 11.2 Å². The Kier molecular flexibility index (Phi) is 4.78. The van der Waals surface area contributed by atoms with E-state index in [1.54, 1.807) is 0 Å². The summed E-state index contributed by atoms with van der Waals surface area (Å²) < 4.78 is 0. The molecule has 0 spiro atoms. The normalized spacial score (nSPS) is 23.8. The van der Waals surface area contributed by atoms with Crippen LogP contribution in [-0.4, -0.2) is 21.7 Å². The Bertz CT molecular complexity index is 162. The Labute approximate surface area is 92.7 Å². The molecule has 0 heterocycles. The van der Waals surface area contributed by atoms with E-state index in [2.05, 4.69) is 20.8 Å². The van der Waals surface area contributed by atoms with E-state index in [1.165, 1.54) is 19.3 Å². The second-order valence-electron chi connectivity index (χ2n) is 5.05. The molecule has 0 radical (unpaired) electrons. The topological polar surface area (TPSA) is 20.2 Å². The SMILES string of the molecule is CC(C)C(C)SCC1(O)CCCCC1. The van der Waals surface area contributed by atoms with E-state index in [9.17, 15) is 5.11 Å². The van der Waals surface area contributed by atoms with Gasteiger partial charge in [-0.3, -0.25) is 0 Å². The molecule has 0 aliphatic heterocycles. The predicted octanol–water partition coefficient (Wildman–Crippen LogP) is 3.46. The van der Waals surface area contributed by atoms with E-state index in [-0.39, 0.29) is 5.60 Å². The van der Waals surface area contributed by atoms with Gasteiger partial charge in [-0.05, 0) is 18.8 Å². The van der Waals surface area contributed by atoms with Crippen LogP contribution in [-0.2, 0) is 0 Å². The molecule has 1 rings (SSSR count). The number of aliphatic hydroxyl groups is 1. The maximum absolute atomic E-state index is 10.3. The summed E-state index contributed by atoms with van der Waals surface area (Å²) in [5, 5.41) is 10.9. The molecule has 2 heteroatoms. The van der Waals surface area contributed by atoms with Crippen molar-refractivity contribution in [2.24, 2.45) is 5.92 Å². The summed E-state index contributed by atoms with van der Waals surface area (Å²) >= 11 is 1.94. The van der Waals surface area contributed by atoms with Gasteiger partial charge in [0.2, 0.25) is 0 Å². The lowest BCUT2D eigenvalue weighted by Crippen LogP contribution is -2.35. The van der Waals surface area contributed by atoms with Gasteiger partial charge in [0.15, 0.2) is 0 Å². The average Bonchev–Trinajstić information content (AvgIpc) is 2.15. The van der Waals surface area contributed by atoms with Crippen molar-refractivity contribution in [2.45, 2.75) is 63.7 Å². The van der Waals surface area contributed by atoms with Crippen molar-refractivity contribution in [3.63, 3.8) is 0 Å². The number of hydrogen-bond acceptors (Lipinski definition) is 2. The van der Waals surface area contributed by atoms with Crippen LogP contribution in [0.1, 0.15) is 52.9 Å². The zero-order valence-corrected chi connectivity index (χ0v) is 10.6. The van der Waals surface area contributed by atoms with Gasteiger partial charge in [0, 0.05) is 11.0 Å². The van der Waals surface area contributed by atoms with Crippen LogP contribution in [0.2, 0.25) is 0 Å². The van der Waals surface area contributed by atoms with Crippen LogP contribution in [0.5, 0.6) is 0 Å². The molecule has 1 unspecified atom stereocenters. The van der Waals surface area contributed by atoms with Crippen LogP contribution in [0.25, 0.3) is 0 Å². The van der Waals surface area contributed by atoms with Crippen LogP contribution >= 0.6 is 11.8 Å². The maximum Gasteiger partial charge on any atom is 0.0737 e. The van der Waals surface area contributed by atoms with Crippen molar-refractivity contribution in [3.8, 4) is 0 Å². The second-order valence-corrected chi connectivity index (χ2v) is 6.41. The smallest absolute Gasteiger partial charge is 0.0737 e. The van der Waals surface area contributed by atoms with Gasteiger partial charge < -0.3 is 5.11 Å². The van der Waals surface area contributed by atoms with Crippen LogP contribution in [0.4, 0.5) is 0 Å². The monoisotopic (exact) mass is 216 g/mol. The summed E-state index contributed by atoms with van der Waals surface area (Å²) in [6.07, 6.45) is 5.78. The summed E-state index contributed by atoms with van der Waals surface area (Å²) in [6, 6.07) is 0. The van der Waals surface area contributed by atoms with Crippen molar-refractivity contribution in [1.82, 2.24) is 0 Å². The number of hydrogen-bond donors (Lipinski definition) is 1. The molecule has 14 heavy (non-hydrogen) atoms. The van der Waals surface area contributed by atoms with Gasteiger partial charge in [0.05, 0.1) is 5.60 Å². The molecule has 84 valence electrons. The van der Waals surface area contributed by atoms with Gasteiger partial charge in [-0.1, -0.05) is 40.0 Å². The molecule has 1 fully saturated rings. The molecule has 1 saturated carbocycles. The average molecular weight is 216 g/mol. The third kappa shape index (κ3) is 3.82. The molecule has 0 saturated heterocycles. The predicted molar refractivity (Wildman–Crippen MR) is 64.8 cm³/mol. The Morgan fingerprint density at radius 1 is 1.14 bits per heavy atom. The molecule has 0 aromatic heterocycles. The first kappa shape index (κ1) is 12.4. The second kappa shape index (κ2) is 5.41. The minimum atomic E-state index is -0.341. The highest BCUT2D eigenvalue weighted by atomic mass is 32.2. The summed E-state index contributed by atoms with van der Waals surface area (Å²) in [4.78, 5) is 0. The lowest BCUT2D eigenvalue weighted by atomic mass is 9.86. The van der Waals surface area contributed by atoms with Gasteiger partial charge in [0.1, 0.15) is 0 Å². The van der Waals surface area contributed by atoms with Gasteiger partial charge in [-0.2, -0.15) is 11.8 Å². The Hall–Kier alpha value is 0.310. The van der Waals surface area contributed by atoms with Crippen molar-refractivity contribution in [2.75, 3.05) is 5.75 Å². The van der Waals surface area contributed by atoms with Gasteiger partial charge >= 0.3 is 0 Å². The third-order valence-corrected chi connectivity index (χ3v) is 5.11. The van der Waals surface area contributed by atoms with E-state index in [0.717, 1.165) is 18.6 Å². The molecular formula is C12H24OS. The summed E-state index contributed by atoms with van der Waals surface area (Å²) in [5.74, 6) is 1.65. The third-order valence-electron chi connectivity index (χ3n) is 3.34. The molecular weight excluding hydrogens is 192 g/mol. The van der Waals surface area contributed by atoms with Crippen molar-refractivity contribution < 1.29 is 5.11 Å². The van der Waals surface area contributed by atoms with Crippen molar-refractivity contribution >= 4 is 11.8 Å². The molecule has 1 aliphatic rings. The van der Waals surface area contributed by atoms with Crippen molar-refractivity contribution in [1.29, 1.82) is 0 Å². The van der Waals surface area contributed by atoms with Crippen LogP contribution in [0.3, 0.4) is 0 Å². The first-order valence-corrected chi connectivity index (χ1v) is 6.92. The number of rotatable bonds is 4. The zero-order valence-electron chi connectivity index (χ0n) is 9.75. The molecule has 0 bridgehead atoms. The van der Waals surface area contributed by atoms with E-state index < -0.39 is 0 Å². The Morgan fingerprint density at radius 2 is 1.71 bits per heavy atom. The zero-order chi connectivity index (χ0) is 10.6. The van der Waals surface area contributed by atoms with E-state index >= 15 is 0 Å². The fourth-order valence-electron chi connectivity index (χ4n) is 1.83. The minimum absolute atomic E-state index is 0.341. The van der Waals surface area contributed by atoms with Gasteiger partial charge in [-0.25, -0.2) is 0 Å². The van der Waals surface area contributed by atoms with Crippen LogP contribution in [0.15, 0.2) is 0 Å². The highest BCUT2D eigenvalue weighted by molar-refractivity contribution is 7.99. The summed E-state index contributed by atoms with van der Waals surface area (Å²) in [5.41, 5.74) is -0.341. The summed E-state index contributed by atoms with van der Waals surface area (Å²) in [6.45, 7) is 6.77. The Balaban J connectivity index is 2.28. The van der Waals surface area contributed by atoms with Gasteiger partial charge in [0.25, 0.3) is 0 Å². The molecule has 0 amide bonds. The van der Waals surface area contributed by atoms with Gasteiger partial charge in [-0.15, -0.1) is 0 Å². The quantitative estimate of drug-likeness (QED) is 0.776. The molecule has 1 atom stereocenters. The molecule has 1 aliphatic carbocycles. The highest BCUT2D eigenvalue weighted by Crippen LogP contribution is 2.33. The minimum Gasteiger partial charge on any atom is -0.389 e.